The number of nitrogen functional groups attached to an aromatic ring is 1. The molecular weight excluding hydrogens is 176 g/mol. The van der Waals surface area contributed by atoms with E-state index in [1.807, 2.05) is 26.2 Å². The molecule has 0 radical (unpaired) electrons. The molecule has 72 valence electrons. The van der Waals surface area contributed by atoms with Crippen molar-refractivity contribution in [2.75, 3.05) is 5.73 Å². The standard InChI is InChI=1S/C10H12N4/c1-7-3-9(11)5-12-10(7)8-4-13-14(2)6-8/h3-6H,11H2,1-2H3. The van der Waals surface area contributed by atoms with E-state index in [1.54, 1.807) is 17.1 Å². The molecule has 0 spiro atoms. The van der Waals surface area contributed by atoms with Crippen LogP contribution in [-0.4, -0.2) is 14.8 Å². The van der Waals surface area contributed by atoms with E-state index >= 15 is 0 Å². The third kappa shape index (κ3) is 1.46. The van der Waals surface area contributed by atoms with Gasteiger partial charge in [-0.1, -0.05) is 0 Å². The molecule has 2 N–H and O–H groups in total. The molecule has 2 rings (SSSR count). The summed E-state index contributed by atoms with van der Waals surface area (Å²) < 4.78 is 1.76. The molecule has 0 aliphatic heterocycles. The summed E-state index contributed by atoms with van der Waals surface area (Å²) in [5.74, 6) is 0. The fourth-order valence-electron chi connectivity index (χ4n) is 1.44. The highest BCUT2D eigenvalue weighted by molar-refractivity contribution is 5.63. The van der Waals surface area contributed by atoms with Crippen molar-refractivity contribution in [1.82, 2.24) is 14.8 Å². The van der Waals surface area contributed by atoms with Crippen LogP contribution in [0.5, 0.6) is 0 Å². The van der Waals surface area contributed by atoms with Gasteiger partial charge in [-0.15, -0.1) is 0 Å². The van der Waals surface area contributed by atoms with E-state index in [9.17, 15) is 0 Å². The van der Waals surface area contributed by atoms with Gasteiger partial charge in [0.05, 0.1) is 23.8 Å². The first-order chi connectivity index (χ1) is 6.66. The van der Waals surface area contributed by atoms with Crippen LogP contribution in [-0.2, 0) is 7.05 Å². The van der Waals surface area contributed by atoms with Gasteiger partial charge in [0.1, 0.15) is 0 Å². The van der Waals surface area contributed by atoms with Crippen molar-refractivity contribution >= 4 is 5.69 Å². The zero-order chi connectivity index (χ0) is 10.1. The van der Waals surface area contributed by atoms with Gasteiger partial charge < -0.3 is 5.73 Å². The van der Waals surface area contributed by atoms with Crippen LogP contribution in [0.1, 0.15) is 5.56 Å². The molecule has 0 fully saturated rings. The number of anilines is 1. The lowest BCUT2D eigenvalue weighted by molar-refractivity contribution is 0.768. The Labute approximate surface area is 82.4 Å². The molecule has 0 unspecified atom stereocenters. The van der Waals surface area contributed by atoms with E-state index in [-0.39, 0.29) is 0 Å². The number of nitrogens with two attached hydrogens (primary N) is 1. The molecule has 0 atom stereocenters. The minimum atomic E-state index is 0.690. The molecule has 0 aliphatic carbocycles. The lowest BCUT2D eigenvalue weighted by Crippen LogP contribution is -1.91. The lowest BCUT2D eigenvalue weighted by atomic mass is 10.1. The number of aromatic nitrogens is 3. The molecule has 0 aliphatic rings. The van der Waals surface area contributed by atoms with Crippen molar-refractivity contribution in [3.8, 4) is 11.3 Å². The van der Waals surface area contributed by atoms with Crippen LogP contribution in [0.2, 0.25) is 0 Å². The van der Waals surface area contributed by atoms with Gasteiger partial charge in [-0.25, -0.2) is 0 Å². The smallest absolute Gasteiger partial charge is 0.0764 e. The summed E-state index contributed by atoms with van der Waals surface area (Å²) >= 11 is 0. The Bertz CT molecular complexity index is 459. The summed E-state index contributed by atoms with van der Waals surface area (Å²) in [5, 5.41) is 4.10. The maximum absolute atomic E-state index is 5.63. The van der Waals surface area contributed by atoms with Gasteiger partial charge in [-0.3, -0.25) is 9.67 Å². The maximum Gasteiger partial charge on any atom is 0.0764 e. The normalized spacial score (nSPS) is 10.4. The molecule has 2 aromatic heterocycles. The Hall–Kier alpha value is -1.84. The van der Waals surface area contributed by atoms with E-state index in [2.05, 4.69) is 10.1 Å². The Balaban J connectivity index is 2.52. The van der Waals surface area contributed by atoms with Crippen molar-refractivity contribution in [2.45, 2.75) is 6.92 Å². The molecule has 2 aromatic rings. The average molecular weight is 188 g/mol. The van der Waals surface area contributed by atoms with E-state index in [1.165, 1.54) is 0 Å². The number of pyridine rings is 1. The number of hydrogen-bond acceptors (Lipinski definition) is 3. The Morgan fingerprint density at radius 3 is 2.71 bits per heavy atom. The highest BCUT2D eigenvalue weighted by Gasteiger charge is 2.05. The van der Waals surface area contributed by atoms with Crippen molar-refractivity contribution < 1.29 is 0 Å². The Kier molecular flexibility index (Phi) is 1.96. The minimum absolute atomic E-state index is 0.690. The largest absolute Gasteiger partial charge is 0.397 e. The molecule has 14 heavy (non-hydrogen) atoms. The van der Waals surface area contributed by atoms with E-state index in [0.29, 0.717) is 5.69 Å². The van der Waals surface area contributed by atoms with Crippen LogP contribution in [0.25, 0.3) is 11.3 Å². The SMILES string of the molecule is Cc1cc(N)cnc1-c1cnn(C)c1. The topological polar surface area (TPSA) is 56.7 Å². The summed E-state index contributed by atoms with van der Waals surface area (Å²) in [7, 11) is 1.89. The van der Waals surface area contributed by atoms with Gasteiger partial charge in [0.15, 0.2) is 0 Å². The Morgan fingerprint density at radius 2 is 2.14 bits per heavy atom. The number of hydrogen-bond donors (Lipinski definition) is 1. The van der Waals surface area contributed by atoms with Gasteiger partial charge in [0, 0.05) is 18.8 Å². The monoisotopic (exact) mass is 188 g/mol. The highest BCUT2D eigenvalue weighted by Crippen LogP contribution is 2.21. The van der Waals surface area contributed by atoms with Crippen molar-refractivity contribution in [2.24, 2.45) is 7.05 Å². The number of aryl methyl sites for hydroxylation is 2. The predicted octanol–water partition coefficient (Wildman–Crippen LogP) is 1.37. The van der Waals surface area contributed by atoms with Crippen LogP contribution in [0.3, 0.4) is 0 Å². The van der Waals surface area contributed by atoms with Crippen LogP contribution in [0.4, 0.5) is 5.69 Å². The summed E-state index contributed by atoms with van der Waals surface area (Å²) in [6.07, 6.45) is 5.40. The molecular formula is C10H12N4. The lowest BCUT2D eigenvalue weighted by Gasteiger charge is -2.02. The van der Waals surface area contributed by atoms with Crippen LogP contribution in [0, 0.1) is 6.92 Å². The molecule has 2 heterocycles. The second-order valence-electron chi connectivity index (χ2n) is 3.34. The molecule has 4 heteroatoms. The van der Waals surface area contributed by atoms with E-state index < -0.39 is 0 Å². The predicted molar refractivity (Wildman–Crippen MR) is 55.6 cm³/mol. The summed E-state index contributed by atoms with van der Waals surface area (Å²) in [4.78, 5) is 4.28. The molecule has 4 nitrogen and oxygen atoms in total. The molecule has 0 saturated heterocycles. The van der Waals surface area contributed by atoms with Gasteiger partial charge in [-0.05, 0) is 18.6 Å². The first kappa shape index (κ1) is 8.74. The van der Waals surface area contributed by atoms with Gasteiger partial charge in [-0.2, -0.15) is 5.10 Å². The fraction of sp³-hybridized carbons (Fsp3) is 0.200. The second-order valence-corrected chi connectivity index (χ2v) is 3.34. The van der Waals surface area contributed by atoms with Crippen LogP contribution in [0.15, 0.2) is 24.7 Å². The first-order valence-electron chi connectivity index (χ1n) is 4.38. The molecule has 0 bridgehead atoms. The van der Waals surface area contributed by atoms with Gasteiger partial charge in [0.2, 0.25) is 0 Å². The molecule has 0 amide bonds. The van der Waals surface area contributed by atoms with Crippen LogP contribution >= 0.6 is 0 Å². The second kappa shape index (κ2) is 3.14. The van der Waals surface area contributed by atoms with Crippen molar-refractivity contribution in [1.29, 1.82) is 0 Å². The van der Waals surface area contributed by atoms with E-state index in [4.69, 9.17) is 5.73 Å². The zero-order valence-electron chi connectivity index (χ0n) is 8.23. The third-order valence-corrected chi connectivity index (χ3v) is 2.08. The zero-order valence-corrected chi connectivity index (χ0v) is 8.23. The van der Waals surface area contributed by atoms with E-state index in [0.717, 1.165) is 16.8 Å². The van der Waals surface area contributed by atoms with Crippen molar-refractivity contribution in [3.05, 3.63) is 30.2 Å². The quantitative estimate of drug-likeness (QED) is 0.735. The third-order valence-electron chi connectivity index (χ3n) is 2.08. The average Bonchev–Trinajstić information content (AvgIpc) is 2.51. The van der Waals surface area contributed by atoms with Crippen molar-refractivity contribution in [3.63, 3.8) is 0 Å². The molecule has 0 saturated carbocycles. The first-order valence-corrected chi connectivity index (χ1v) is 4.38. The van der Waals surface area contributed by atoms with Crippen LogP contribution < -0.4 is 5.73 Å². The van der Waals surface area contributed by atoms with Gasteiger partial charge in [0.25, 0.3) is 0 Å². The minimum Gasteiger partial charge on any atom is -0.397 e. The molecule has 0 aromatic carbocycles. The summed E-state index contributed by atoms with van der Waals surface area (Å²) in [6.45, 7) is 1.99. The maximum atomic E-state index is 5.63. The number of nitrogens with zero attached hydrogens (tertiary/aromatic N) is 3. The Morgan fingerprint density at radius 1 is 1.36 bits per heavy atom. The summed E-state index contributed by atoms with van der Waals surface area (Å²) in [5.41, 5.74) is 9.34. The number of rotatable bonds is 1. The highest BCUT2D eigenvalue weighted by atomic mass is 15.2. The summed E-state index contributed by atoms with van der Waals surface area (Å²) in [6, 6.07) is 1.91. The van der Waals surface area contributed by atoms with Gasteiger partial charge >= 0.3 is 0 Å². The fourth-order valence-corrected chi connectivity index (χ4v) is 1.44.